The molecule has 0 saturated carbocycles. The Morgan fingerprint density at radius 1 is 0.822 bits per heavy atom. The Morgan fingerprint density at radius 2 is 1.47 bits per heavy atom. The van der Waals surface area contributed by atoms with E-state index in [-0.39, 0.29) is 29.7 Å². The number of hydrogen-bond acceptors (Lipinski definition) is 4. The van der Waals surface area contributed by atoms with E-state index in [1.54, 1.807) is 25.1 Å². The molecule has 0 aliphatic heterocycles. The Balaban J connectivity index is 1.81. The summed E-state index contributed by atoms with van der Waals surface area (Å²) >= 11 is 6.07. The molecule has 0 aromatic heterocycles. The predicted octanol–water partition coefficient (Wildman–Crippen LogP) is 6.56. The van der Waals surface area contributed by atoms with Crippen LogP contribution in [0.25, 0.3) is 0 Å². The molecule has 4 aromatic rings. The molecule has 7 nitrogen and oxygen atoms in total. The van der Waals surface area contributed by atoms with Crippen LogP contribution in [0.4, 0.5) is 5.69 Å². The Hall–Kier alpha value is -4.14. The normalized spacial score (nSPS) is 12.0. The molecule has 0 unspecified atom stereocenters. The van der Waals surface area contributed by atoms with Gasteiger partial charge in [0.05, 0.1) is 10.6 Å². The molecule has 0 saturated heterocycles. The van der Waals surface area contributed by atoms with Crippen molar-refractivity contribution in [2.45, 2.75) is 51.6 Å². The monoisotopic (exact) mass is 645 g/mol. The Labute approximate surface area is 271 Å². The van der Waals surface area contributed by atoms with E-state index < -0.39 is 28.5 Å². The molecule has 4 aromatic carbocycles. The van der Waals surface area contributed by atoms with Crippen molar-refractivity contribution in [3.63, 3.8) is 0 Å². The van der Waals surface area contributed by atoms with Crippen molar-refractivity contribution in [2.24, 2.45) is 5.92 Å². The molecule has 0 spiro atoms. The van der Waals surface area contributed by atoms with Crippen LogP contribution in [0.5, 0.6) is 0 Å². The van der Waals surface area contributed by atoms with Crippen LogP contribution in [0.15, 0.2) is 108 Å². The first-order valence-corrected chi connectivity index (χ1v) is 16.8. The molecular weight excluding hydrogens is 606 g/mol. The SMILES string of the molecule is Cc1cccc(CN(C(=O)CN(c2ccccc2C)S(=O)(=O)c2ccc(Cl)cc2)[C@H](Cc2ccccc2)C(=O)NCC(C)C)c1. The van der Waals surface area contributed by atoms with Crippen molar-refractivity contribution in [3.05, 3.63) is 130 Å². The fourth-order valence-electron chi connectivity index (χ4n) is 5.07. The first kappa shape index (κ1) is 33.7. The van der Waals surface area contributed by atoms with Gasteiger partial charge in [-0.15, -0.1) is 0 Å². The van der Waals surface area contributed by atoms with Gasteiger partial charge in [-0.1, -0.05) is 104 Å². The molecule has 0 radical (unpaired) electrons. The van der Waals surface area contributed by atoms with Crippen LogP contribution >= 0.6 is 11.6 Å². The van der Waals surface area contributed by atoms with Gasteiger partial charge < -0.3 is 10.2 Å². The van der Waals surface area contributed by atoms with E-state index in [2.05, 4.69) is 5.32 Å². The molecule has 9 heteroatoms. The lowest BCUT2D eigenvalue weighted by atomic mass is 10.0. The number of para-hydroxylation sites is 1. The van der Waals surface area contributed by atoms with E-state index in [1.165, 1.54) is 29.2 Å². The van der Waals surface area contributed by atoms with Crippen LogP contribution in [-0.2, 0) is 32.6 Å². The number of sulfonamides is 1. The fourth-order valence-corrected chi connectivity index (χ4v) is 6.68. The van der Waals surface area contributed by atoms with Gasteiger partial charge in [-0.3, -0.25) is 13.9 Å². The molecule has 0 aliphatic carbocycles. The number of halogens is 1. The second kappa shape index (κ2) is 15.2. The van der Waals surface area contributed by atoms with Crippen molar-refractivity contribution >= 4 is 39.1 Å². The minimum atomic E-state index is -4.20. The van der Waals surface area contributed by atoms with Gasteiger partial charge in [0.15, 0.2) is 0 Å². The van der Waals surface area contributed by atoms with Gasteiger partial charge in [0.25, 0.3) is 10.0 Å². The molecule has 1 N–H and O–H groups in total. The summed E-state index contributed by atoms with van der Waals surface area (Å²) in [5.41, 5.74) is 3.79. The van der Waals surface area contributed by atoms with E-state index in [4.69, 9.17) is 11.6 Å². The van der Waals surface area contributed by atoms with Crippen LogP contribution in [-0.4, -0.2) is 44.3 Å². The molecule has 0 heterocycles. The van der Waals surface area contributed by atoms with Crippen LogP contribution < -0.4 is 9.62 Å². The average Bonchev–Trinajstić information content (AvgIpc) is 3.01. The summed E-state index contributed by atoms with van der Waals surface area (Å²) < 4.78 is 29.5. The maximum Gasteiger partial charge on any atom is 0.264 e. The topological polar surface area (TPSA) is 86.8 Å². The Kier molecular flexibility index (Phi) is 11.4. The second-order valence-electron chi connectivity index (χ2n) is 11.6. The zero-order valence-corrected chi connectivity index (χ0v) is 27.7. The number of aryl methyl sites for hydroxylation is 2. The molecular formula is C36H40ClN3O4S. The highest BCUT2D eigenvalue weighted by molar-refractivity contribution is 7.92. The molecule has 2 amide bonds. The first-order chi connectivity index (χ1) is 21.5. The largest absolute Gasteiger partial charge is 0.354 e. The van der Waals surface area contributed by atoms with Gasteiger partial charge >= 0.3 is 0 Å². The summed E-state index contributed by atoms with van der Waals surface area (Å²) in [6, 6.07) is 29.3. The Morgan fingerprint density at radius 3 is 2.11 bits per heavy atom. The van der Waals surface area contributed by atoms with Crippen LogP contribution in [0.3, 0.4) is 0 Å². The Bertz CT molecular complexity index is 1710. The third kappa shape index (κ3) is 8.96. The standard InChI is InChI=1S/C36H40ClN3O4S/c1-26(2)23-38-36(42)34(22-29-13-6-5-7-14-29)39(24-30-15-10-11-27(3)21-30)35(41)25-40(33-16-9-8-12-28(33)4)45(43,44)32-19-17-31(37)18-20-32/h5-21,26,34H,22-25H2,1-4H3,(H,38,42)/t34-/m1/s1. The van der Waals surface area contributed by atoms with Crippen molar-refractivity contribution < 1.29 is 18.0 Å². The summed E-state index contributed by atoms with van der Waals surface area (Å²) in [5.74, 6) is -0.595. The number of amides is 2. The third-order valence-electron chi connectivity index (χ3n) is 7.46. The number of benzene rings is 4. The maximum atomic E-state index is 14.6. The predicted molar refractivity (Wildman–Crippen MR) is 181 cm³/mol. The van der Waals surface area contributed by atoms with Gasteiger partial charge in [0, 0.05) is 24.5 Å². The number of anilines is 1. The van der Waals surface area contributed by atoms with E-state index in [1.807, 2.05) is 81.4 Å². The quantitative estimate of drug-likeness (QED) is 0.178. The molecule has 0 bridgehead atoms. The molecule has 4 rings (SSSR count). The molecule has 1 atom stereocenters. The van der Waals surface area contributed by atoms with E-state index in [9.17, 15) is 18.0 Å². The molecule has 0 fully saturated rings. The number of carbonyl (C=O) groups is 2. The van der Waals surface area contributed by atoms with E-state index in [0.717, 1.165) is 21.0 Å². The number of carbonyl (C=O) groups excluding carboxylic acids is 2. The summed E-state index contributed by atoms with van der Waals surface area (Å²) in [5, 5.41) is 3.41. The van der Waals surface area contributed by atoms with Gasteiger partial charge in [0.2, 0.25) is 11.8 Å². The molecule has 236 valence electrons. The minimum Gasteiger partial charge on any atom is -0.354 e. The van der Waals surface area contributed by atoms with Crippen molar-refractivity contribution in [2.75, 3.05) is 17.4 Å². The zero-order valence-electron chi connectivity index (χ0n) is 26.1. The minimum absolute atomic E-state index is 0.00343. The van der Waals surface area contributed by atoms with Crippen LogP contribution in [0.2, 0.25) is 5.02 Å². The van der Waals surface area contributed by atoms with Crippen molar-refractivity contribution in [1.82, 2.24) is 10.2 Å². The van der Waals surface area contributed by atoms with E-state index >= 15 is 0 Å². The number of nitrogens with one attached hydrogen (secondary N) is 1. The molecule has 45 heavy (non-hydrogen) atoms. The highest BCUT2D eigenvalue weighted by Gasteiger charge is 2.35. The lowest BCUT2D eigenvalue weighted by molar-refractivity contribution is -0.140. The number of rotatable bonds is 13. The van der Waals surface area contributed by atoms with Gasteiger partial charge in [-0.2, -0.15) is 0 Å². The zero-order chi connectivity index (χ0) is 32.6. The summed E-state index contributed by atoms with van der Waals surface area (Å²) in [7, 11) is -4.20. The summed E-state index contributed by atoms with van der Waals surface area (Å²) in [6.07, 6.45) is 0.261. The van der Waals surface area contributed by atoms with Crippen LogP contribution in [0.1, 0.15) is 36.1 Å². The van der Waals surface area contributed by atoms with Gasteiger partial charge in [-0.25, -0.2) is 8.42 Å². The average molecular weight is 646 g/mol. The molecule has 0 aliphatic rings. The fraction of sp³-hybridized carbons (Fsp3) is 0.278. The highest BCUT2D eigenvalue weighted by Crippen LogP contribution is 2.28. The third-order valence-corrected chi connectivity index (χ3v) is 9.48. The van der Waals surface area contributed by atoms with Gasteiger partial charge in [0.1, 0.15) is 12.6 Å². The number of hydrogen-bond donors (Lipinski definition) is 1. The number of nitrogens with zero attached hydrogens (tertiary/aromatic N) is 2. The summed E-state index contributed by atoms with van der Waals surface area (Å²) in [4.78, 5) is 29.9. The smallest absolute Gasteiger partial charge is 0.264 e. The van der Waals surface area contributed by atoms with E-state index in [0.29, 0.717) is 22.8 Å². The van der Waals surface area contributed by atoms with Gasteiger partial charge in [-0.05, 0) is 66.8 Å². The van der Waals surface area contributed by atoms with Crippen molar-refractivity contribution in [1.29, 1.82) is 0 Å². The second-order valence-corrected chi connectivity index (χ2v) is 13.9. The van der Waals surface area contributed by atoms with Crippen LogP contribution in [0, 0.1) is 19.8 Å². The lowest BCUT2D eigenvalue weighted by Crippen LogP contribution is -2.53. The van der Waals surface area contributed by atoms with Crippen molar-refractivity contribution in [3.8, 4) is 0 Å². The first-order valence-electron chi connectivity index (χ1n) is 15.0. The highest BCUT2D eigenvalue weighted by atomic mass is 35.5. The summed E-state index contributed by atoms with van der Waals surface area (Å²) in [6.45, 7) is 7.82. The lowest BCUT2D eigenvalue weighted by Gasteiger charge is -2.34. The maximum absolute atomic E-state index is 14.6.